The zero-order valence-electron chi connectivity index (χ0n) is 16.9. The summed E-state index contributed by atoms with van der Waals surface area (Å²) in [6.45, 7) is 7.78. The SMILES string of the molecule is COCCCN1CC2(CCCN(C(=O)c3c(C)cccc3C)C2)CCC1=O. The molecule has 2 heterocycles. The molecule has 1 spiro atoms. The van der Waals surface area contributed by atoms with Gasteiger partial charge < -0.3 is 14.5 Å². The van der Waals surface area contributed by atoms with Gasteiger partial charge in [-0.2, -0.15) is 0 Å². The van der Waals surface area contributed by atoms with Crippen LogP contribution in [-0.4, -0.2) is 61.5 Å². The Balaban J connectivity index is 1.73. The Hall–Kier alpha value is -1.88. The molecule has 2 fully saturated rings. The normalized spacial score (nSPS) is 23.1. The topological polar surface area (TPSA) is 49.9 Å². The highest BCUT2D eigenvalue weighted by atomic mass is 16.5. The molecule has 0 aromatic heterocycles. The lowest BCUT2D eigenvalue weighted by atomic mass is 9.73. The maximum atomic E-state index is 13.3. The average Bonchev–Trinajstić information content (AvgIpc) is 2.65. The monoisotopic (exact) mass is 372 g/mol. The second-order valence-electron chi connectivity index (χ2n) is 8.26. The number of amides is 2. The molecule has 2 saturated heterocycles. The van der Waals surface area contributed by atoms with Crippen molar-refractivity contribution in [3.63, 3.8) is 0 Å². The van der Waals surface area contributed by atoms with Crippen LogP contribution < -0.4 is 0 Å². The lowest BCUT2D eigenvalue weighted by Gasteiger charge is -2.48. The summed E-state index contributed by atoms with van der Waals surface area (Å²) < 4.78 is 5.13. The first kappa shape index (κ1) is 19.9. The minimum absolute atomic E-state index is 0.0471. The van der Waals surface area contributed by atoms with Crippen molar-refractivity contribution in [2.24, 2.45) is 5.41 Å². The van der Waals surface area contributed by atoms with E-state index in [0.29, 0.717) is 13.0 Å². The van der Waals surface area contributed by atoms with Gasteiger partial charge in [-0.15, -0.1) is 0 Å². The summed E-state index contributed by atoms with van der Waals surface area (Å²) in [5.41, 5.74) is 2.98. The summed E-state index contributed by atoms with van der Waals surface area (Å²) in [4.78, 5) is 29.6. The van der Waals surface area contributed by atoms with Crippen molar-refractivity contribution in [1.29, 1.82) is 0 Å². The van der Waals surface area contributed by atoms with Crippen LogP contribution in [0.3, 0.4) is 0 Å². The first-order chi connectivity index (χ1) is 13.0. The molecule has 5 nitrogen and oxygen atoms in total. The summed E-state index contributed by atoms with van der Waals surface area (Å²) in [7, 11) is 1.69. The molecule has 0 saturated carbocycles. The van der Waals surface area contributed by atoms with E-state index in [2.05, 4.69) is 0 Å². The van der Waals surface area contributed by atoms with E-state index in [1.54, 1.807) is 7.11 Å². The van der Waals surface area contributed by atoms with Gasteiger partial charge in [-0.05, 0) is 50.7 Å². The minimum atomic E-state index is 0.0471. The number of carbonyl (C=O) groups is 2. The van der Waals surface area contributed by atoms with Crippen LogP contribution in [0.1, 0.15) is 53.6 Å². The van der Waals surface area contributed by atoms with E-state index in [9.17, 15) is 9.59 Å². The van der Waals surface area contributed by atoms with Crippen molar-refractivity contribution in [3.05, 3.63) is 34.9 Å². The van der Waals surface area contributed by atoms with Crippen LogP contribution in [0.5, 0.6) is 0 Å². The fraction of sp³-hybridized carbons (Fsp3) is 0.636. The van der Waals surface area contributed by atoms with Crippen molar-refractivity contribution in [1.82, 2.24) is 9.80 Å². The zero-order valence-corrected chi connectivity index (χ0v) is 16.9. The van der Waals surface area contributed by atoms with Crippen LogP contribution in [0.4, 0.5) is 0 Å². The number of benzene rings is 1. The molecule has 0 bridgehead atoms. The van der Waals surface area contributed by atoms with Crippen molar-refractivity contribution >= 4 is 11.8 Å². The van der Waals surface area contributed by atoms with E-state index >= 15 is 0 Å². The second-order valence-corrected chi connectivity index (χ2v) is 8.26. The van der Waals surface area contributed by atoms with Crippen LogP contribution in [-0.2, 0) is 9.53 Å². The smallest absolute Gasteiger partial charge is 0.254 e. The molecular weight excluding hydrogens is 340 g/mol. The van der Waals surface area contributed by atoms with Gasteiger partial charge >= 0.3 is 0 Å². The summed E-state index contributed by atoms with van der Waals surface area (Å²) in [5.74, 6) is 0.391. The summed E-state index contributed by atoms with van der Waals surface area (Å²) >= 11 is 0. The molecule has 5 heteroatoms. The highest BCUT2D eigenvalue weighted by Crippen LogP contribution is 2.39. The maximum absolute atomic E-state index is 13.3. The number of aryl methyl sites for hydroxylation is 2. The number of methoxy groups -OCH3 is 1. The van der Waals surface area contributed by atoms with Crippen molar-refractivity contribution in [3.8, 4) is 0 Å². The number of likely N-dealkylation sites (tertiary alicyclic amines) is 2. The van der Waals surface area contributed by atoms with Crippen LogP contribution in [0.25, 0.3) is 0 Å². The molecule has 0 aliphatic carbocycles. The molecule has 1 aromatic carbocycles. The zero-order chi connectivity index (χ0) is 19.4. The van der Waals surface area contributed by atoms with E-state index in [4.69, 9.17) is 4.74 Å². The standard InChI is InChI=1S/C22H32N2O3/c1-17-7-4-8-18(2)20(17)21(26)24-12-5-10-22(16-24)11-9-19(25)23(15-22)13-6-14-27-3/h4,7-8H,5-6,9-16H2,1-3H3. The van der Waals surface area contributed by atoms with Gasteiger partial charge in [0.2, 0.25) is 5.91 Å². The number of ether oxygens (including phenoxy) is 1. The second kappa shape index (κ2) is 8.42. The predicted molar refractivity (Wildman–Crippen MR) is 106 cm³/mol. The third kappa shape index (κ3) is 4.34. The molecule has 27 heavy (non-hydrogen) atoms. The summed E-state index contributed by atoms with van der Waals surface area (Å²) in [6.07, 6.45) is 4.46. The predicted octanol–water partition coefficient (Wildman–Crippen LogP) is 3.18. The van der Waals surface area contributed by atoms with Crippen LogP contribution in [0.15, 0.2) is 18.2 Å². The highest BCUT2D eigenvalue weighted by molar-refractivity contribution is 5.97. The molecule has 2 aliphatic heterocycles. The first-order valence-electron chi connectivity index (χ1n) is 10.1. The first-order valence-corrected chi connectivity index (χ1v) is 10.1. The van der Waals surface area contributed by atoms with Crippen molar-refractivity contribution in [2.75, 3.05) is 39.9 Å². The van der Waals surface area contributed by atoms with E-state index < -0.39 is 0 Å². The number of hydrogen-bond donors (Lipinski definition) is 0. The molecule has 148 valence electrons. The number of carbonyl (C=O) groups excluding carboxylic acids is 2. The average molecular weight is 373 g/mol. The number of rotatable bonds is 5. The molecular formula is C22H32N2O3. The molecule has 0 radical (unpaired) electrons. The molecule has 1 aromatic rings. The van der Waals surface area contributed by atoms with Gasteiger partial charge in [0.1, 0.15) is 0 Å². The molecule has 2 aliphatic rings. The fourth-order valence-electron chi connectivity index (χ4n) is 4.73. The van der Waals surface area contributed by atoms with Crippen molar-refractivity contribution < 1.29 is 14.3 Å². The van der Waals surface area contributed by atoms with E-state index in [0.717, 1.165) is 68.6 Å². The van der Waals surface area contributed by atoms with Crippen molar-refractivity contribution in [2.45, 2.75) is 46.0 Å². The summed E-state index contributed by atoms with van der Waals surface area (Å²) in [6, 6.07) is 6.03. The van der Waals surface area contributed by atoms with Gasteiger partial charge in [-0.25, -0.2) is 0 Å². The largest absolute Gasteiger partial charge is 0.385 e. The Labute approximate surface area is 162 Å². The lowest BCUT2D eigenvalue weighted by Crippen LogP contribution is -2.55. The summed E-state index contributed by atoms with van der Waals surface area (Å²) in [5, 5.41) is 0. The van der Waals surface area contributed by atoms with E-state index in [-0.39, 0.29) is 17.2 Å². The van der Waals surface area contributed by atoms with E-state index in [1.807, 2.05) is 41.8 Å². The quantitative estimate of drug-likeness (QED) is 0.746. The molecule has 0 N–H and O–H groups in total. The van der Waals surface area contributed by atoms with Gasteiger partial charge in [-0.1, -0.05) is 18.2 Å². The van der Waals surface area contributed by atoms with Crippen LogP contribution >= 0.6 is 0 Å². The van der Waals surface area contributed by atoms with Crippen LogP contribution in [0, 0.1) is 19.3 Å². The van der Waals surface area contributed by atoms with Gasteiger partial charge in [0.05, 0.1) is 0 Å². The van der Waals surface area contributed by atoms with Gasteiger partial charge in [0, 0.05) is 57.3 Å². The molecule has 1 atom stereocenters. The van der Waals surface area contributed by atoms with Gasteiger partial charge in [0.15, 0.2) is 0 Å². The molecule has 1 unspecified atom stereocenters. The Kier molecular flexibility index (Phi) is 6.20. The third-order valence-corrected chi connectivity index (χ3v) is 6.17. The Morgan fingerprint density at radius 3 is 2.63 bits per heavy atom. The lowest BCUT2D eigenvalue weighted by molar-refractivity contribution is -0.139. The fourth-order valence-corrected chi connectivity index (χ4v) is 4.73. The molecule has 2 amide bonds. The third-order valence-electron chi connectivity index (χ3n) is 6.17. The van der Waals surface area contributed by atoms with Crippen LogP contribution in [0.2, 0.25) is 0 Å². The number of nitrogens with zero attached hydrogens (tertiary/aromatic N) is 2. The molecule has 3 rings (SSSR count). The maximum Gasteiger partial charge on any atom is 0.254 e. The number of piperidine rings is 2. The number of hydrogen-bond acceptors (Lipinski definition) is 3. The Morgan fingerprint density at radius 2 is 1.93 bits per heavy atom. The Morgan fingerprint density at radius 1 is 1.19 bits per heavy atom. The Bertz CT molecular complexity index is 683. The highest BCUT2D eigenvalue weighted by Gasteiger charge is 2.42. The van der Waals surface area contributed by atoms with Gasteiger partial charge in [0.25, 0.3) is 5.91 Å². The minimum Gasteiger partial charge on any atom is -0.385 e. The van der Waals surface area contributed by atoms with E-state index in [1.165, 1.54) is 0 Å². The van der Waals surface area contributed by atoms with Gasteiger partial charge in [-0.3, -0.25) is 9.59 Å².